The topological polar surface area (TPSA) is 0 Å². The highest BCUT2D eigenvalue weighted by Gasteiger charge is 2.21. The molecule has 0 nitrogen and oxygen atoms in total. The van der Waals surface area contributed by atoms with E-state index in [0.29, 0.717) is 11.3 Å². The first-order valence-electron chi connectivity index (χ1n) is 5.88. The highest BCUT2D eigenvalue weighted by molar-refractivity contribution is 5.25. The van der Waals surface area contributed by atoms with E-state index in [0.717, 1.165) is 0 Å². The van der Waals surface area contributed by atoms with Crippen LogP contribution >= 0.6 is 0 Å². The standard InChI is InChI=1S/C13H22.C2H6/c1-7-9-10-12(8-2)11(3)13(4,5)6;1-2/h7-11H,2H2,1,3-6H3;1-2H3/b9-7-,12-10+;. The largest absolute Gasteiger partial charge is 0.0988 e. The maximum absolute atomic E-state index is 3.85. The lowest BCUT2D eigenvalue weighted by atomic mass is 9.77. The summed E-state index contributed by atoms with van der Waals surface area (Å²) in [6.45, 7) is 18.9. The van der Waals surface area contributed by atoms with Gasteiger partial charge in [-0.25, -0.2) is 0 Å². The van der Waals surface area contributed by atoms with Gasteiger partial charge in [0, 0.05) is 0 Å². The summed E-state index contributed by atoms with van der Waals surface area (Å²) in [5.41, 5.74) is 1.62. The molecule has 0 aliphatic heterocycles. The first kappa shape index (κ1) is 16.6. The second kappa shape index (κ2) is 8.52. The third-order valence-corrected chi connectivity index (χ3v) is 2.52. The lowest BCUT2D eigenvalue weighted by molar-refractivity contribution is 0.305. The van der Waals surface area contributed by atoms with Crippen LogP contribution in [-0.2, 0) is 0 Å². The Balaban J connectivity index is 0. The van der Waals surface area contributed by atoms with Crippen LogP contribution in [0.4, 0.5) is 0 Å². The van der Waals surface area contributed by atoms with Gasteiger partial charge in [-0.1, -0.05) is 72.4 Å². The second-order valence-electron chi connectivity index (χ2n) is 4.48. The molecule has 0 aliphatic rings. The van der Waals surface area contributed by atoms with Crippen LogP contribution in [0.15, 0.2) is 36.5 Å². The molecule has 0 amide bonds. The molecule has 0 heteroatoms. The Morgan fingerprint density at radius 2 is 1.67 bits per heavy atom. The van der Waals surface area contributed by atoms with Gasteiger partial charge in [0.2, 0.25) is 0 Å². The molecule has 0 bridgehead atoms. The van der Waals surface area contributed by atoms with Gasteiger partial charge in [-0.2, -0.15) is 0 Å². The predicted molar refractivity (Wildman–Crippen MR) is 73.1 cm³/mol. The van der Waals surface area contributed by atoms with Crippen molar-refractivity contribution >= 4 is 0 Å². The molecule has 0 aromatic carbocycles. The van der Waals surface area contributed by atoms with Crippen molar-refractivity contribution in [3.8, 4) is 0 Å². The summed E-state index contributed by atoms with van der Waals surface area (Å²) in [6.07, 6.45) is 8.21. The van der Waals surface area contributed by atoms with Gasteiger partial charge in [0.05, 0.1) is 0 Å². The summed E-state index contributed by atoms with van der Waals surface area (Å²) in [6, 6.07) is 0. The number of rotatable bonds is 3. The Morgan fingerprint density at radius 3 is 1.93 bits per heavy atom. The average Bonchev–Trinajstić information content (AvgIpc) is 2.20. The first-order valence-corrected chi connectivity index (χ1v) is 5.88. The summed E-state index contributed by atoms with van der Waals surface area (Å²) >= 11 is 0. The fourth-order valence-electron chi connectivity index (χ4n) is 1.10. The van der Waals surface area contributed by atoms with Gasteiger partial charge in [-0.15, -0.1) is 0 Å². The third-order valence-electron chi connectivity index (χ3n) is 2.52. The zero-order chi connectivity index (χ0) is 12.5. The molecule has 15 heavy (non-hydrogen) atoms. The molecule has 88 valence electrons. The monoisotopic (exact) mass is 208 g/mol. The van der Waals surface area contributed by atoms with Gasteiger partial charge in [-0.05, 0) is 23.8 Å². The Hall–Kier alpha value is -0.780. The quantitative estimate of drug-likeness (QED) is 0.546. The van der Waals surface area contributed by atoms with Crippen LogP contribution in [0.25, 0.3) is 0 Å². The van der Waals surface area contributed by atoms with Crippen molar-refractivity contribution in [3.05, 3.63) is 36.5 Å². The number of hydrogen-bond acceptors (Lipinski definition) is 0. The predicted octanol–water partition coefficient (Wildman–Crippen LogP) is 5.38. The molecule has 0 aliphatic carbocycles. The highest BCUT2D eigenvalue weighted by Crippen LogP contribution is 2.31. The van der Waals surface area contributed by atoms with E-state index >= 15 is 0 Å². The molecule has 0 rings (SSSR count). The first-order chi connectivity index (χ1) is 6.93. The second-order valence-corrected chi connectivity index (χ2v) is 4.48. The molecule has 0 heterocycles. The SMILES string of the molecule is C=C/C(=C\C=C/C)C(C)C(C)(C)C.CC. The van der Waals surface area contributed by atoms with E-state index in [-0.39, 0.29) is 0 Å². The molecule has 0 saturated carbocycles. The molecule has 0 saturated heterocycles. The van der Waals surface area contributed by atoms with Crippen LogP contribution in [0.5, 0.6) is 0 Å². The Labute approximate surface area is 96.8 Å². The zero-order valence-corrected chi connectivity index (χ0v) is 11.6. The summed E-state index contributed by atoms with van der Waals surface area (Å²) in [5.74, 6) is 0.543. The van der Waals surface area contributed by atoms with Crippen molar-refractivity contribution in [2.45, 2.75) is 48.5 Å². The number of allylic oxidation sites excluding steroid dienone is 5. The molecule has 0 N–H and O–H groups in total. The van der Waals surface area contributed by atoms with Crippen molar-refractivity contribution in [2.24, 2.45) is 11.3 Å². The van der Waals surface area contributed by atoms with E-state index in [1.807, 2.05) is 32.9 Å². The molecule has 0 aromatic rings. The summed E-state index contributed by atoms with van der Waals surface area (Å²) < 4.78 is 0. The van der Waals surface area contributed by atoms with Crippen molar-refractivity contribution < 1.29 is 0 Å². The van der Waals surface area contributed by atoms with Crippen molar-refractivity contribution in [3.63, 3.8) is 0 Å². The van der Waals surface area contributed by atoms with Gasteiger partial charge in [0.25, 0.3) is 0 Å². The minimum Gasteiger partial charge on any atom is -0.0988 e. The van der Waals surface area contributed by atoms with Gasteiger partial charge in [0.1, 0.15) is 0 Å². The van der Waals surface area contributed by atoms with Crippen LogP contribution in [0.1, 0.15) is 48.5 Å². The van der Waals surface area contributed by atoms with E-state index in [4.69, 9.17) is 0 Å². The van der Waals surface area contributed by atoms with E-state index in [2.05, 4.69) is 46.4 Å². The summed E-state index contributed by atoms with van der Waals surface area (Å²) in [5, 5.41) is 0. The van der Waals surface area contributed by atoms with E-state index < -0.39 is 0 Å². The average molecular weight is 208 g/mol. The maximum atomic E-state index is 3.85. The number of hydrogen-bond donors (Lipinski definition) is 0. The van der Waals surface area contributed by atoms with Gasteiger partial charge < -0.3 is 0 Å². The molecular formula is C15H28. The lowest BCUT2D eigenvalue weighted by Crippen LogP contribution is -2.18. The summed E-state index contributed by atoms with van der Waals surface area (Å²) in [7, 11) is 0. The molecule has 0 fully saturated rings. The third kappa shape index (κ3) is 7.18. The normalized spacial score (nSPS) is 14.5. The molecular weight excluding hydrogens is 180 g/mol. The maximum Gasteiger partial charge on any atom is -0.0142 e. The van der Waals surface area contributed by atoms with Crippen LogP contribution < -0.4 is 0 Å². The molecule has 0 radical (unpaired) electrons. The molecule has 0 spiro atoms. The minimum atomic E-state index is 0.307. The van der Waals surface area contributed by atoms with Crippen LogP contribution in [0.2, 0.25) is 0 Å². The van der Waals surface area contributed by atoms with E-state index in [9.17, 15) is 0 Å². The van der Waals surface area contributed by atoms with Gasteiger partial charge >= 0.3 is 0 Å². The van der Waals surface area contributed by atoms with Crippen molar-refractivity contribution in [2.75, 3.05) is 0 Å². The Kier molecular flexibility index (Phi) is 9.46. The van der Waals surface area contributed by atoms with Crippen LogP contribution in [-0.4, -0.2) is 0 Å². The fourth-order valence-corrected chi connectivity index (χ4v) is 1.10. The minimum absolute atomic E-state index is 0.307. The Bertz CT molecular complexity index is 211. The highest BCUT2D eigenvalue weighted by atomic mass is 14.3. The zero-order valence-electron chi connectivity index (χ0n) is 11.6. The van der Waals surface area contributed by atoms with Crippen molar-refractivity contribution in [1.29, 1.82) is 0 Å². The summed E-state index contributed by atoms with van der Waals surface area (Å²) in [4.78, 5) is 0. The Morgan fingerprint density at radius 1 is 1.20 bits per heavy atom. The smallest absolute Gasteiger partial charge is 0.0142 e. The fraction of sp³-hybridized carbons (Fsp3) is 0.600. The van der Waals surface area contributed by atoms with Crippen LogP contribution in [0, 0.1) is 11.3 Å². The molecule has 0 aromatic heterocycles. The van der Waals surface area contributed by atoms with Crippen molar-refractivity contribution in [1.82, 2.24) is 0 Å². The lowest BCUT2D eigenvalue weighted by Gasteiger charge is -2.28. The van der Waals surface area contributed by atoms with E-state index in [1.165, 1.54) is 5.57 Å². The van der Waals surface area contributed by atoms with Gasteiger partial charge in [-0.3, -0.25) is 0 Å². The van der Waals surface area contributed by atoms with E-state index in [1.54, 1.807) is 0 Å². The molecule has 1 unspecified atom stereocenters. The van der Waals surface area contributed by atoms with Gasteiger partial charge in [0.15, 0.2) is 0 Å². The molecule has 1 atom stereocenters. The van der Waals surface area contributed by atoms with Crippen LogP contribution in [0.3, 0.4) is 0 Å².